The number of hydrazone groups is 1. The molecule has 0 aliphatic heterocycles. The molecule has 10 nitrogen and oxygen atoms in total. The number of non-ortho nitro benzene ring substituents is 1. The quantitative estimate of drug-likeness (QED) is 0.208. The molecule has 3 rings (SSSR count). The van der Waals surface area contributed by atoms with Crippen molar-refractivity contribution in [1.29, 1.82) is 0 Å². The lowest BCUT2D eigenvalue weighted by molar-refractivity contribution is -0.384. The van der Waals surface area contributed by atoms with Gasteiger partial charge in [-0.05, 0) is 65.7 Å². The van der Waals surface area contributed by atoms with Crippen LogP contribution in [0.3, 0.4) is 0 Å². The third-order valence-electron chi connectivity index (χ3n) is 5.07. The minimum Gasteiger partial charge on any atom is -0.489 e. The molecule has 39 heavy (non-hydrogen) atoms. The van der Waals surface area contributed by atoms with Gasteiger partial charge in [-0.3, -0.25) is 19.2 Å². The number of alkyl halides is 3. The lowest BCUT2D eigenvalue weighted by Gasteiger charge is -2.23. The number of amides is 1. The average molecular weight is 585 g/mol. The van der Waals surface area contributed by atoms with Crippen molar-refractivity contribution in [3.05, 3.63) is 98.6 Å². The molecule has 0 aromatic heterocycles. The molecule has 0 bridgehead atoms. The maximum Gasteiger partial charge on any atom is 0.416 e. The van der Waals surface area contributed by atoms with Crippen LogP contribution in [0.1, 0.15) is 16.7 Å². The summed E-state index contributed by atoms with van der Waals surface area (Å²) < 4.78 is 69.8. The first-order valence-electron chi connectivity index (χ1n) is 10.9. The smallest absolute Gasteiger partial charge is 0.416 e. The minimum absolute atomic E-state index is 0.0297. The minimum atomic E-state index is -4.75. The summed E-state index contributed by atoms with van der Waals surface area (Å²) in [6, 6.07) is 14.5. The molecule has 15 heteroatoms. The molecular formula is C24H20ClF3N4O6S. The van der Waals surface area contributed by atoms with E-state index in [-0.39, 0.29) is 17.3 Å². The Morgan fingerprint density at radius 1 is 1.13 bits per heavy atom. The molecule has 0 spiro atoms. The van der Waals surface area contributed by atoms with E-state index >= 15 is 0 Å². The summed E-state index contributed by atoms with van der Waals surface area (Å²) in [4.78, 5) is 22.5. The Bertz CT molecular complexity index is 1480. The molecular weight excluding hydrogens is 565 g/mol. The van der Waals surface area contributed by atoms with E-state index in [4.69, 9.17) is 16.3 Å². The van der Waals surface area contributed by atoms with Crippen molar-refractivity contribution in [2.75, 3.05) is 17.1 Å². The van der Waals surface area contributed by atoms with Gasteiger partial charge >= 0.3 is 6.18 Å². The van der Waals surface area contributed by atoms with Crippen LogP contribution in [0.2, 0.25) is 5.02 Å². The van der Waals surface area contributed by atoms with Gasteiger partial charge in [0, 0.05) is 12.1 Å². The summed E-state index contributed by atoms with van der Waals surface area (Å²) in [5, 5.41) is 14.2. The Labute approximate surface area is 225 Å². The lowest BCUT2D eigenvalue weighted by atomic mass is 10.2. The highest BCUT2D eigenvalue weighted by atomic mass is 35.5. The van der Waals surface area contributed by atoms with Gasteiger partial charge in [0.25, 0.3) is 11.6 Å². The number of carbonyl (C=O) groups is 1. The molecule has 0 aliphatic rings. The highest BCUT2D eigenvalue weighted by Gasteiger charge is 2.33. The maximum absolute atomic E-state index is 13.1. The van der Waals surface area contributed by atoms with E-state index in [1.807, 2.05) is 0 Å². The number of carbonyl (C=O) groups excluding carboxylic acids is 1. The topological polar surface area (TPSA) is 131 Å². The van der Waals surface area contributed by atoms with Crippen molar-refractivity contribution in [3.63, 3.8) is 0 Å². The summed E-state index contributed by atoms with van der Waals surface area (Å²) in [6.07, 6.45) is -2.76. The zero-order valence-corrected chi connectivity index (χ0v) is 21.6. The third-order valence-corrected chi connectivity index (χ3v) is 6.51. The molecule has 0 saturated carbocycles. The molecule has 0 unspecified atom stereocenters. The van der Waals surface area contributed by atoms with Crippen LogP contribution < -0.4 is 14.5 Å². The van der Waals surface area contributed by atoms with Crippen molar-refractivity contribution >= 4 is 45.1 Å². The fourth-order valence-corrected chi connectivity index (χ4v) is 4.27. The molecule has 1 N–H and O–H groups in total. The monoisotopic (exact) mass is 584 g/mol. The fourth-order valence-electron chi connectivity index (χ4n) is 3.14. The Kier molecular flexibility index (Phi) is 9.14. The number of anilines is 1. The van der Waals surface area contributed by atoms with Crippen molar-refractivity contribution in [2.45, 2.75) is 12.8 Å². The zero-order chi connectivity index (χ0) is 28.8. The number of sulfonamides is 1. The number of nitro groups is 1. The summed E-state index contributed by atoms with van der Waals surface area (Å²) in [6.45, 7) is -0.694. The normalized spacial score (nSPS) is 11.8. The number of nitro benzene ring substituents is 1. The van der Waals surface area contributed by atoms with E-state index in [1.54, 1.807) is 36.4 Å². The molecule has 0 heterocycles. The van der Waals surface area contributed by atoms with Crippen LogP contribution >= 0.6 is 11.6 Å². The van der Waals surface area contributed by atoms with Gasteiger partial charge in [0.1, 0.15) is 18.9 Å². The van der Waals surface area contributed by atoms with E-state index in [2.05, 4.69) is 10.5 Å². The predicted molar refractivity (Wildman–Crippen MR) is 138 cm³/mol. The first-order chi connectivity index (χ1) is 18.2. The third kappa shape index (κ3) is 8.41. The van der Waals surface area contributed by atoms with Gasteiger partial charge in [-0.15, -0.1) is 0 Å². The van der Waals surface area contributed by atoms with E-state index in [9.17, 15) is 36.5 Å². The largest absolute Gasteiger partial charge is 0.489 e. The predicted octanol–water partition coefficient (Wildman–Crippen LogP) is 4.76. The number of ether oxygens (including phenoxy) is 1. The standard InChI is InChI=1S/C24H20ClF3N4O6S/c1-39(36,37)31(22-12-18(24(26,27)28)6-11-21(22)25)14-23(33)30-29-13-16-4-9-20(10-5-16)38-15-17-2-7-19(8-3-17)32(34)35/h2-13H,14-15H2,1H3,(H,30,33)/b29-13+. The fraction of sp³-hybridized carbons (Fsp3) is 0.167. The van der Waals surface area contributed by atoms with Crippen LogP contribution in [0.25, 0.3) is 0 Å². The first-order valence-corrected chi connectivity index (χ1v) is 13.1. The second-order valence-electron chi connectivity index (χ2n) is 8.01. The molecule has 0 atom stereocenters. The second-order valence-corrected chi connectivity index (χ2v) is 10.3. The number of halogens is 4. The van der Waals surface area contributed by atoms with Crippen molar-refractivity contribution in [3.8, 4) is 5.75 Å². The number of hydrogen-bond donors (Lipinski definition) is 1. The van der Waals surface area contributed by atoms with Crippen LogP contribution in [-0.2, 0) is 27.6 Å². The van der Waals surface area contributed by atoms with E-state index in [0.29, 0.717) is 27.8 Å². The van der Waals surface area contributed by atoms with Crippen LogP contribution in [0.15, 0.2) is 71.8 Å². The van der Waals surface area contributed by atoms with Gasteiger partial charge in [-0.2, -0.15) is 18.3 Å². The summed E-state index contributed by atoms with van der Waals surface area (Å²) >= 11 is 5.93. The van der Waals surface area contributed by atoms with E-state index in [0.717, 1.165) is 17.9 Å². The number of rotatable bonds is 10. The van der Waals surface area contributed by atoms with Gasteiger partial charge < -0.3 is 4.74 Å². The van der Waals surface area contributed by atoms with Crippen LogP contribution in [-0.4, -0.2) is 38.3 Å². The van der Waals surface area contributed by atoms with Crippen molar-refractivity contribution < 1.29 is 36.0 Å². The Balaban J connectivity index is 1.60. The zero-order valence-electron chi connectivity index (χ0n) is 20.1. The van der Waals surface area contributed by atoms with Crippen molar-refractivity contribution in [1.82, 2.24) is 5.43 Å². The van der Waals surface area contributed by atoms with Crippen LogP contribution in [0, 0.1) is 10.1 Å². The average Bonchev–Trinajstić information content (AvgIpc) is 2.86. The number of nitrogens with one attached hydrogen (secondary N) is 1. The van der Waals surface area contributed by atoms with Gasteiger partial charge in [0.2, 0.25) is 10.0 Å². The van der Waals surface area contributed by atoms with Gasteiger partial charge in [0.05, 0.1) is 33.7 Å². The summed E-state index contributed by atoms with van der Waals surface area (Å²) in [5.41, 5.74) is 1.73. The van der Waals surface area contributed by atoms with Crippen LogP contribution in [0.5, 0.6) is 5.75 Å². The van der Waals surface area contributed by atoms with Crippen molar-refractivity contribution in [2.24, 2.45) is 5.10 Å². The van der Waals surface area contributed by atoms with E-state index < -0.39 is 44.8 Å². The maximum atomic E-state index is 13.1. The highest BCUT2D eigenvalue weighted by molar-refractivity contribution is 7.92. The lowest BCUT2D eigenvalue weighted by Crippen LogP contribution is -2.39. The Hall–Kier alpha value is -4.17. The summed E-state index contributed by atoms with van der Waals surface area (Å²) in [7, 11) is -4.19. The molecule has 3 aromatic carbocycles. The number of hydrogen-bond acceptors (Lipinski definition) is 7. The Morgan fingerprint density at radius 2 is 1.77 bits per heavy atom. The molecule has 0 aliphatic carbocycles. The molecule has 1 amide bonds. The first kappa shape index (κ1) is 29.4. The highest BCUT2D eigenvalue weighted by Crippen LogP contribution is 2.36. The number of nitrogens with zero attached hydrogens (tertiary/aromatic N) is 3. The SMILES string of the molecule is CS(=O)(=O)N(CC(=O)N/N=C/c1ccc(OCc2ccc([N+](=O)[O-])cc2)cc1)c1cc(C(F)(F)F)ccc1Cl. The van der Waals surface area contributed by atoms with Gasteiger partial charge in [-0.25, -0.2) is 13.8 Å². The van der Waals surface area contributed by atoms with Gasteiger partial charge in [-0.1, -0.05) is 11.6 Å². The van der Waals surface area contributed by atoms with Crippen LogP contribution in [0.4, 0.5) is 24.5 Å². The Morgan fingerprint density at radius 3 is 2.33 bits per heavy atom. The molecule has 0 saturated heterocycles. The second kappa shape index (κ2) is 12.1. The summed E-state index contributed by atoms with van der Waals surface area (Å²) in [5.74, 6) is -0.426. The van der Waals surface area contributed by atoms with Gasteiger partial charge in [0.15, 0.2) is 0 Å². The molecule has 0 fully saturated rings. The molecule has 3 aromatic rings. The van der Waals surface area contributed by atoms with E-state index in [1.165, 1.54) is 18.3 Å². The molecule has 0 radical (unpaired) electrons. The molecule has 206 valence electrons. The number of benzene rings is 3.